The summed E-state index contributed by atoms with van der Waals surface area (Å²) in [5.41, 5.74) is 2.15. The number of hydrogen-bond acceptors (Lipinski definition) is 4. The number of aromatic nitrogens is 2. The number of H-pyrrole nitrogens is 1. The van der Waals surface area contributed by atoms with Crippen LogP contribution < -0.4 is 15.6 Å². The number of halogens is 1. The highest BCUT2D eigenvalue weighted by atomic mass is 79.9. The standard InChI is InChI=1S/C15H18BrN3O2/c1-8-14(15(20)19-10(3)17-8)9(2)18-11-5-6-12(16)13(7-11)21-4/h5-7,9,18H,1-4H3,(H,17,19,20). The lowest BCUT2D eigenvalue weighted by Crippen LogP contribution is -2.23. The van der Waals surface area contributed by atoms with Crippen LogP contribution >= 0.6 is 15.9 Å². The number of nitrogens with zero attached hydrogens (tertiary/aromatic N) is 1. The molecular formula is C15H18BrN3O2. The second-order valence-electron chi connectivity index (χ2n) is 4.87. The van der Waals surface area contributed by atoms with Crippen LogP contribution in [0.4, 0.5) is 5.69 Å². The number of ether oxygens (including phenoxy) is 1. The van der Waals surface area contributed by atoms with E-state index in [0.29, 0.717) is 11.4 Å². The van der Waals surface area contributed by atoms with E-state index < -0.39 is 0 Å². The zero-order chi connectivity index (χ0) is 15.6. The lowest BCUT2D eigenvalue weighted by atomic mass is 10.1. The maximum Gasteiger partial charge on any atom is 0.256 e. The van der Waals surface area contributed by atoms with Crippen LogP contribution in [0.3, 0.4) is 0 Å². The molecule has 0 aliphatic rings. The van der Waals surface area contributed by atoms with Crippen molar-refractivity contribution in [2.75, 3.05) is 12.4 Å². The van der Waals surface area contributed by atoms with E-state index in [1.54, 1.807) is 14.0 Å². The molecule has 0 bridgehead atoms. The SMILES string of the molecule is COc1cc(NC(C)c2c(C)nc(C)[nH]c2=O)ccc1Br. The van der Waals surface area contributed by atoms with Gasteiger partial charge in [-0.2, -0.15) is 0 Å². The van der Waals surface area contributed by atoms with Crippen LogP contribution in [-0.4, -0.2) is 17.1 Å². The topological polar surface area (TPSA) is 67.0 Å². The Morgan fingerprint density at radius 1 is 1.38 bits per heavy atom. The molecule has 0 aliphatic carbocycles. The molecule has 1 aromatic heterocycles. The normalized spacial score (nSPS) is 12.0. The van der Waals surface area contributed by atoms with Crippen LogP contribution in [0.2, 0.25) is 0 Å². The van der Waals surface area contributed by atoms with Crippen molar-refractivity contribution in [2.24, 2.45) is 0 Å². The van der Waals surface area contributed by atoms with Gasteiger partial charge in [0.2, 0.25) is 0 Å². The fourth-order valence-corrected chi connectivity index (χ4v) is 2.73. The highest BCUT2D eigenvalue weighted by Crippen LogP contribution is 2.29. The summed E-state index contributed by atoms with van der Waals surface area (Å²) in [5, 5.41) is 3.30. The van der Waals surface area contributed by atoms with Gasteiger partial charge in [-0.3, -0.25) is 4.79 Å². The van der Waals surface area contributed by atoms with Crippen molar-refractivity contribution in [3.63, 3.8) is 0 Å². The lowest BCUT2D eigenvalue weighted by molar-refractivity contribution is 0.412. The first kappa shape index (κ1) is 15.6. The third kappa shape index (κ3) is 3.44. The number of nitrogens with one attached hydrogen (secondary N) is 2. The second kappa shape index (κ2) is 6.30. The Balaban J connectivity index is 2.30. The van der Waals surface area contributed by atoms with Gasteiger partial charge in [0.05, 0.1) is 28.9 Å². The summed E-state index contributed by atoms with van der Waals surface area (Å²) >= 11 is 3.42. The van der Waals surface area contributed by atoms with Crippen LogP contribution in [0.1, 0.15) is 30.0 Å². The minimum absolute atomic E-state index is 0.107. The Morgan fingerprint density at radius 3 is 2.71 bits per heavy atom. The zero-order valence-electron chi connectivity index (χ0n) is 12.5. The molecule has 2 N–H and O–H groups in total. The predicted octanol–water partition coefficient (Wildman–Crippen LogP) is 3.33. The maximum atomic E-state index is 12.1. The summed E-state index contributed by atoms with van der Waals surface area (Å²) < 4.78 is 6.15. The van der Waals surface area contributed by atoms with E-state index in [0.717, 1.165) is 21.6 Å². The molecule has 1 aromatic carbocycles. The third-order valence-electron chi connectivity index (χ3n) is 3.23. The molecule has 0 saturated carbocycles. The fraction of sp³-hybridized carbons (Fsp3) is 0.333. The number of benzene rings is 1. The van der Waals surface area contributed by atoms with E-state index in [-0.39, 0.29) is 11.6 Å². The molecule has 1 atom stereocenters. The van der Waals surface area contributed by atoms with E-state index in [1.807, 2.05) is 32.0 Å². The van der Waals surface area contributed by atoms with Crippen molar-refractivity contribution >= 4 is 21.6 Å². The van der Waals surface area contributed by atoms with Crippen LogP contribution in [0.15, 0.2) is 27.5 Å². The van der Waals surface area contributed by atoms with Crippen molar-refractivity contribution in [3.05, 3.63) is 50.1 Å². The summed E-state index contributed by atoms with van der Waals surface area (Å²) in [4.78, 5) is 19.2. The summed E-state index contributed by atoms with van der Waals surface area (Å²) in [7, 11) is 1.62. The van der Waals surface area contributed by atoms with Crippen molar-refractivity contribution < 1.29 is 4.74 Å². The van der Waals surface area contributed by atoms with E-state index in [2.05, 4.69) is 31.2 Å². The first-order valence-corrected chi connectivity index (χ1v) is 7.39. The van der Waals surface area contributed by atoms with E-state index in [1.165, 1.54) is 0 Å². The highest BCUT2D eigenvalue weighted by molar-refractivity contribution is 9.10. The molecule has 0 radical (unpaired) electrons. The zero-order valence-corrected chi connectivity index (χ0v) is 14.0. The molecule has 0 saturated heterocycles. The molecule has 1 heterocycles. The van der Waals surface area contributed by atoms with Gasteiger partial charge in [0.25, 0.3) is 5.56 Å². The third-order valence-corrected chi connectivity index (χ3v) is 3.89. The maximum absolute atomic E-state index is 12.1. The van der Waals surface area contributed by atoms with Crippen LogP contribution in [0.25, 0.3) is 0 Å². The average molecular weight is 352 g/mol. The molecular weight excluding hydrogens is 334 g/mol. The average Bonchev–Trinajstić information content (AvgIpc) is 2.39. The lowest BCUT2D eigenvalue weighted by Gasteiger charge is -2.17. The Hall–Kier alpha value is -1.82. The van der Waals surface area contributed by atoms with E-state index >= 15 is 0 Å². The number of rotatable bonds is 4. The first-order chi connectivity index (χ1) is 9.92. The Bertz CT molecular complexity index is 713. The van der Waals surface area contributed by atoms with Gasteiger partial charge in [0.1, 0.15) is 11.6 Å². The fourth-order valence-electron chi connectivity index (χ4n) is 2.32. The summed E-state index contributed by atoms with van der Waals surface area (Å²) in [6.07, 6.45) is 0. The van der Waals surface area contributed by atoms with Gasteiger partial charge in [-0.1, -0.05) is 0 Å². The quantitative estimate of drug-likeness (QED) is 0.886. The van der Waals surface area contributed by atoms with E-state index in [9.17, 15) is 4.79 Å². The van der Waals surface area contributed by atoms with Gasteiger partial charge in [0.15, 0.2) is 0 Å². The second-order valence-corrected chi connectivity index (χ2v) is 5.72. The largest absolute Gasteiger partial charge is 0.495 e. The molecule has 5 nitrogen and oxygen atoms in total. The summed E-state index contributed by atoms with van der Waals surface area (Å²) in [5.74, 6) is 1.36. The van der Waals surface area contributed by atoms with E-state index in [4.69, 9.17) is 4.74 Å². The molecule has 2 rings (SSSR count). The Labute approximate surface area is 131 Å². The van der Waals surface area contributed by atoms with Crippen molar-refractivity contribution in [1.29, 1.82) is 0 Å². The molecule has 112 valence electrons. The Morgan fingerprint density at radius 2 is 2.10 bits per heavy atom. The van der Waals surface area contributed by atoms with Gasteiger partial charge in [0, 0.05) is 11.8 Å². The summed E-state index contributed by atoms with van der Waals surface area (Å²) in [6.45, 7) is 5.55. The number of anilines is 1. The monoisotopic (exact) mass is 351 g/mol. The van der Waals surface area contributed by atoms with Gasteiger partial charge in [-0.25, -0.2) is 4.98 Å². The van der Waals surface area contributed by atoms with Crippen LogP contribution in [-0.2, 0) is 0 Å². The molecule has 6 heteroatoms. The predicted molar refractivity (Wildman–Crippen MR) is 87.1 cm³/mol. The number of hydrogen-bond donors (Lipinski definition) is 2. The number of aromatic amines is 1. The van der Waals surface area contributed by atoms with Gasteiger partial charge in [-0.05, 0) is 48.8 Å². The van der Waals surface area contributed by atoms with Crippen molar-refractivity contribution in [2.45, 2.75) is 26.8 Å². The molecule has 21 heavy (non-hydrogen) atoms. The highest BCUT2D eigenvalue weighted by Gasteiger charge is 2.15. The molecule has 1 unspecified atom stereocenters. The van der Waals surface area contributed by atoms with Gasteiger partial charge < -0.3 is 15.0 Å². The smallest absolute Gasteiger partial charge is 0.256 e. The van der Waals surface area contributed by atoms with Crippen LogP contribution in [0, 0.1) is 13.8 Å². The van der Waals surface area contributed by atoms with Gasteiger partial charge in [-0.15, -0.1) is 0 Å². The summed E-state index contributed by atoms with van der Waals surface area (Å²) in [6, 6.07) is 5.55. The number of methoxy groups -OCH3 is 1. The minimum Gasteiger partial charge on any atom is -0.495 e. The van der Waals surface area contributed by atoms with Gasteiger partial charge >= 0.3 is 0 Å². The van der Waals surface area contributed by atoms with Crippen molar-refractivity contribution in [1.82, 2.24) is 9.97 Å². The molecule has 0 spiro atoms. The molecule has 0 aliphatic heterocycles. The minimum atomic E-state index is -0.160. The molecule has 0 fully saturated rings. The molecule has 2 aromatic rings. The number of aryl methyl sites for hydroxylation is 2. The Kier molecular flexibility index (Phi) is 4.67. The van der Waals surface area contributed by atoms with Crippen LogP contribution in [0.5, 0.6) is 5.75 Å². The van der Waals surface area contributed by atoms with Crippen molar-refractivity contribution in [3.8, 4) is 5.75 Å². The molecule has 0 amide bonds. The first-order valence-electron chi connectivity index (χ1n) is 6.60.